The van der Waals surface area contributed by atoms with Crippen LogP contribution < -0.4 is 5.32 Å². The number of halogens is 3. The van der Waals surface area contributed by atoms with Crippen molar-refractivity contribution in [3.8, 4) is 0 Å². The molecule has 2 heterocycles. The fraction of sp³-hybridized carbons (Fsp3) is 0.182. The second-order valence-electron chi connectivity index (χ2n) is 3.71. The number of carbonyl (C=O) groups excluding carboxylic acids is 1. The molecular formula is C11H8F3N3O2. The Morgan fingerprint density at radius 3 is 2.58 bits per heavy atom. The molecule has 0 radical (unpaired) electrons. The van der Waals surface area contributed by atoms with Crippen LogP contribution in [0.25, 0.3) is 0 Å². The molecule has 0 aromatic carbocycles. The van der Waals surface area contributed by atoms with Gasteiger partial charge in [0.25, 0.3) is 5.91 Å². The molecule has 0 unspecified atom stereocenters. The second kappa shape index (κ2) is 4.71. The number of rotatable bonds is 2. The number of alkyl halides is 3. The van der Waals surface area contributed by atoms with Gasteiger partial charge >= 0.3 is 6.18 Å². The third kappa shape index (κ3) is 3.09. The minimum Gasteiger partial charge on any atom is -0.360 e. The van der Waals surface area contributed by atoms with E-state index in [1.807, 2.05) is 0 Å². The van der Waals surface area contributed by atoms with Gasteiger partial charge in [-0.2, -0.15) is 13.2 Å². The first-order valence-electron chi connectivity index (χ1n) is 5.14. The van der Waals surface area contributed by atoms with E-state index in [0.29, 0.717) is 12.0 Å². The average molecular weight is 271 g/mol. The molecule has 0 saturated carbocycles. The van der Waals surface area contributed by atoms with E-state index in [0.717, 1.165) is 12.1 Å². The third-order valence-corrected chi connectivity index (χ3v) is 2.19. The van der Waals surface area contributed by atoms with Crippen LogP contribution in [0.2, 0.25) is 0 Å². The number of aromatic nitrogens is 2. The SMILES string of the molecule is Cc1cc(NC(=O)c2ccc(C(F)(F)F)cn2)no1. The molecule has 0 bridgehead atoms. The molecule has 1 amide bonds. The van der Waals surface area contributed by atoms with Gasteiger partial charge in [0.05, 0.1) is 5.56 Å². The second-order valence-corrected chi connectivity index (χ2v) is 3.71. The van der Waals surface area contributed by atoms with E-state index in [-0.39, 0.29) is 11.5 Å². The fourth-order valence-electron chi connectivity index (χ4n) is 1.30. The summed E-state index contributed by atoms with van der Waals surface area (Å²) in [6, 6.07) is 3.25. The van der Waals surface area contributed by atoms with Crippen LogP contribution in [0, 0.1) is 6.92 Å². The quantitative estimate of drug-likeness (QED) is 0.911. The maximum absolute atomic E-state index is 12.3. The Hall–Kier alpha value is -2.38. The van der Waals surface area contributed by atoms with Gasteiger partial charge in [-0.3, -0.25) is 9.78 Å². The summed E-state index contributed by atoms with van der Waals surface area (Å²) in [5.74, 6) is 0.00176. The molecule has 100 valence electrons. The van der Waals surface area contributed by atoms with Crippen LogP contribution in [-0.4, -0.2) is 16.0 Å². The van der Waals surface area contributed by atoms with Crippen molar-refractivity contribution < 1.29 is 22.5 Å². The van der Waals surface area contributed by atoms with Crippen LogP contribution >= 0.6 is 0 Å². The van der Waals surface area contributed by atoms with Crippen LogP contribution in [0.5, 0.6) is 0 Å². The number of nitrogens with zero attached hydrogens (tertiary/aromatic N) is 2. The lowest BCUT2D eigenvalue weighted by molar-refractivity contribution is -0.137. The van der Waals surface area contributed by atoms with E-state index in [1.54, 1.807) is 6.92 Å². The summed E-state index contributed by atoms with van der Waals surface area (Å²) in [7, 11) is 0. The zero-order valence-electron chi connectivity index (χ0n) is 9.65. The first-order valence-corrected chi connectivity index (χ1v) is 5.14. The number of anilines is 1. The molecule has 2 rings (SSSR count). The standard InChI is InChI=1S/C11H8F3N3O2/c1-6-4-9(17-19-6)16-10(18)8-3-2-7(5-15-8)11(12,13)14/h2-5H,1H3,(H,16,17,18). The zero-order valence-corrected chi connectivity index (χ0v) is 9.65. The lowest BCUT2D eigenvalue weighted by Crippen LogP contribution is -2.15. The number of aryl methyl sites for hydroxylation is 1. The Morgan fingerprint density at radius 1 is 1.37 bits per heavy atom. The van der Waals surface area contributed by atoms with Gasteiger partial charge in [-0.1, -0.05) is 5.16 Å². The van der Waals surface area contributed by atoms with Gasteiger partial charge in [0.1, 0.15) is 11.5 Å². The van der Waals surface area contributed by atoms with E-state index in [9.17, 15) is 18.0 Å². The predicted molar refractivity (Wildman–Crippen MR) is 58.4 cm³/mol. The molecule has 0 fully saturated rings. The molecule has 0 spiro atoms. The molecule has 0 aliphatic heterocycles. The smallest absolute Gasteiger partial charge is 0.360 e. The Labute approximate surface area is 105 Å². The van der Waals surface area contributed by atoms with Crippen molar-refractivity contribution in [3.63, 3.8) is 0 Å². The highest BCUT2D eigenvalue weighted by Gasteiger charge is 2.30. The van der Waals surface area contributed by atoms with Crippen LogP contribution in [0.1, 0.15) is 21.8 Å². The van der Waals surface area contributed by atoms with E-state index < -0.39 is 17.6 Å². The largest absolute Gasteiger partial charge is 0.417 e. The van der Waals surface area contributed by atoms with Crippen molar-refractivity contribution in [3.05, 3.63) is 41.4 Å². The molecule has 8 heteroatoms. The van der Waals surface area contributed by atoms with Crippen molar-refractivity contribution in [2.45, 2.75) is 13.1 Å². The maximum atomic E-state index is 12.3. The highest BCUT2D eigenvalue weighted by atomic mass is 19.4. The summed E-state index contributed by atoms with van der Waals surface area (Å²) in [6.07, 6.45) is -3.88. The van der Waals surface area contributed by atoms with Crippen LogP contribution in [0.15, 0.2) is 28.9 Å². The number of hydrogen-bond acceptors (Lipinski definition) is 4. The first-order chi connectivity index (χ1) is 8.86. The number of amides is 1. The first kappa shape index (κ1) is 13.1. The normalized spacial score (nSPS) is 11.4. The minimum atomic E-state index is -4.48. The predicted octanol–water partition coefficient (Wildman–Crippen LogP) is 2.65. The molecular weight excluding hydrogens is 263 g/mol. The Kier molecular flexibility index (Phi) is 3.24. The number of pyridine rings is 1. The van der Waals surface area contributed by atoms with Gasteiger partial charge in [0, 0.05) is 12.3 Å². The summed E-state index contributed by atoms with van der Waals surface area (Å²) >= 11 is 0. The van der Waals surface area contributed by atoms with Gasteiger partial charge < -0.3 is 9.84 Å². The van der Waals surface area contributed by atoms with Gasteiger partial charge in [0.15, 0.2) is 5.82 Å². The molecule has 1 N–H and O–H groups in total. The zero-order chi connectivity index (χ0) is 14.0. The summed E-state index contributed by atoms with van der Waals surface area (Å²) in [5, 5.41) is 5.87. The van der Waals surface area contributed by atoms with Crippen LogP contribution in [-0.2, 0) is 6.18 Å². The van der Waals surface area contributed by atoms with Gasteiger partial charge in [0.2, 0.25) is 0 Å². The Balaban J connectivity index is 2.12. The van der Waals surface area contributed by atoms with Gasteiger partial charge in [-0.05, 0) is 19.1 Å². The summed E-state index contributed by atoms with van der Waals surface area (Å²) in [6.45, 7) is 1.64. The lowest BCUT2D eigenvalue weighted by Gasteiger charge is -2.06. The third-order valence-electron chi connectivity index (χ3n) is 2.19. The summed E-state index contributed by atoms with van der Waals surface area (Å²) < 4.78 is 41.7. The van der Waals surface area contributed by atoms with E-state index >= 15 is 0 Å². The minimum absolute atomic E-state index is 0.145. The molecule has 5 nitrogen and oxygen atoms in total. The van der Waals surface area contributed by atoms with Crippen molar-refractivity contribution in [1.82, 2.24) is 10.1 Å². The summed E-state index contributed by atoms with van der Waals surface area (Å²) in [5.41, 5.74) is -1.06. The number of hydrogen-bond donors (Lipinski definition) is 1. The van der Waals surface area contributed by atoms with Crippen LogP contribution in [0.3, 0.4) is 0 Å². The molecule has 0 aliphatic carbocycles. The highest BCUT2D eigenvalue weighted by molar-refractivity contribution is 6.02. The average Bonchev–Trinajstić information content (AvgIpc) is 2.74. The molecule has 2 aromatic rings. The van der Waals surface area contributed by atoms with Crippen molar-refractivity contribution in [2.24, 2.45) is 0 Å². The molecule has 0 saturated heterocycles. The molecule has 0 atom stereocenters. The number of carbonyl (C=O) groups is 1. The van der Waals surface area contributed by atoms with Crippen molar-refractivity contribution >= 4 is 11.7 Å². The number of nitrogens with one attached hydrogen (secondary N) is 1. The lowest BCUT2D eigenvalue weighted by atomic mass is 10.2. The topological polar surface area (TPSA) is 68.0 Å². The fourth-order valence-corrected chi connectivity index (χ4v) is 1.30. The van der Waals surface area contributed by atoms with Crippen molar-refractivity contribution in [2.75, 3.05) is 5.32 Å². The molecule has 19 heavy (non-hydrogen) atoms. The van der Waals surface area contributed by atoms with E-state index in [4.69, 9.17) is 4.52 Å². The Morgan fingerprint density at radius 2 is 2.11 bits per heavy atom. The monoisotopic (exact) mass is 271 g/mol. The van der Waals surface area contributed by atoms with Gasteiger partial charge in [-0.15, -0.1) is 0 Å². The Bertz CT molecular complexity index is 590. The van der Waals surface area contributed by atoms with Crippen molar-refractivity contribution in [1.29, 1.82) is 0 Å². The van der Waals surface area contributed by atoms with E-state index in [2.05, 4.69) is 15.5 Å². The van der Waals surface area contributed by atoms with E-state index in [1.165, 1.54) is 6.07 Å². The summed E-state index contributed by atoms with van der Waals surface area (Å²) in [4.78, 5) is 15.1. The molecule has 2 aromatic heterocycles. The van der Waals surface area contributed by atoms with Crippen LogP contribution in [0.4, 0.5) is 19.0 Å². The molecule has 0 aliphatic rings. The highest BCUT2D eigenvalue weighted by Crippen LogP contribution is 2.28. The van der Waals surface area contributed by atoms with Gasteiger partial charge in [-0.25, -0.2) is 0 Å². The maximum Gasteiger partial charge on any atom is 0.417 e.